The number of rotatable bonds is 9. The van der Waals surface area contributed by atoms with Gasteiger partial charge in [-0.15, -0.1) is 11.3 Å². The van der Waals surface area contributed by atoms with Gasteiger partial charge in [-0.3, -0.25) is 20.8 Å². The van der Waals surface area contributed by atoms with Crippen molar-refractivity contribution in [2.75, 3.05) is 5.48 Å². The number of thiophene rings is 1. The van der Waals surface area contributed by atoms with Gasteiger partial charge in [0.2, 0.25) is 10.0 Å². The summed E-state index contributed by atoms with van der Waals surface area (Å²) in [6, 6.07) is 2.77. The Morgan fingerprint density at radius 3 is 2.39 bits per heavy atom. The van der Waals surface area contributed by atoms with Crippen molar-refractivity contribution in [2.45, 2.75) is 12.3 Å². The summed E-state index contributed by atoms with van der Waals surface area (Å²) in [6.45, 7) is -0.450. The lowest BCUT2D eigenvalue weighted by molar-refractivity contribution is -0.385. The molecule has 0 bridgehead atoms. The van der Waals surface area contributed by atoms with Gasteiger partial charge in [0.25, 0.3) is 5.69 Å². The molecule has 0 aliphatic heterocycles. The lowest BCUT2D eigenvalue weighted by atomic mass is 10.1. The van der Waals surface area contributed by atoms with Crippen LogP contribution in [0.4, 0.5) is 10.7 Å². The maximum absolute atomic E-state index is 12.3. The minimum atomic E-state index is -4.19. The molecule has 14 heteroatoms. The molecule has 0 aliphatic carbocycles. The summed E-state index contributed by atoms with van der Waals surface area (Å²) in [5.41, 5.74) is 0.218. The Morgan fingerprint density at radius 1 is 1.18 bits per heavy atom. The molecule has 0 saturated carbocycles. The number of hydrogen-bond donors (Lipinski definition) is 5. The fourth-order valence-electron chi connectivity index (χ4n) is 2.30. The zero-order valence-electron chi connectivity index (χ0n) is 13.8. The molecule has 0 amide bonds. The topological polar surface area (TPSA) is 196 Å². The van der Waals surface area contributed by atoms with E-state index < -0.39 is 44.9 Å². The number of nitro groups is 1. The molecule has 0 radical (unpaired) electrons. The molecule has 2 rings (SSSR count). The van der Waals surface area contributed by atoms with Gasteiger partial charge in [-0.2, -0.15) is 0 Å². The van der Waals surface area contributed by atoms with Crippen LogP contribution in [-0.4, -0.2) is 40.7 Å². The van der Waals surface area contributed by atoms with Crippen LogP contribution in [0.5, 0.6) is 0 Å². The molecule has 0 aliphatic rings. The fraction of sp³-hybridized carbons (Fsp3) is 0.143. The Balaban J connectivity index is 2.27. The van der Waals surface area contributed by atoms with Crippen LogP contribution in [-0.2, 0) is 22.3 Å². The molecule has 12 nitrogen and oxygen atoms in total. The van der Waals surface area contributed by atoms with Crippen LogP contribution in [0, 0.1) is 10.1 Å². The normalized spacial score (nSPS) is 11.2. The van der Waals surface area contributed by atoms with Crippen molar-refractivity contribution >= 4 is 44.0 Å². The van der Waals surface area contributed by atoms with Crippen LogP contribution in [0.25, 0.3) is 0 Å². The number of anilines is 1. The smallest absolute Gasteiger partial charge is 0.339 e. The predicted molar refractivity (Wildman–Crippen MR) is 96.2 cm³/mol. The standard InChI is InChI=1S/C14H13N3O9S2/c18-13(19)7-1-2-10(17(23)24)8(3-7)6-28(25,26)15-4-9-5-27-12(16-22)11(9)14(20)21/h1-3,5,15-16,22H,4,6H2,(H,18,19)(H,20,21). The number of nitrogens with zero attached hydrogens (tertiary/aromatic N) is 1. The molecule has 1 aromatic heterocycles. The maximum atomic E-state index is 12.3. The molecule has 1 aromatic carbocycles. The summed E-state index contributed by atoms with van der Waals surface area (Å²) in [4.78, 5) is 32.5. The van der Waals surface area contributed by atoms with Gasteiger partial charge in [0.15, 0.2) is 0 Å². The number of carboxylic acid groups (broad SMARTS) is 2. The highest BCUT2D eigenvalue weighted by Gasteiger charge is 2.24. The zero-order chi connectivity index (χ0) is 21.1. The molecule has 28 heavy (non-hydrogen) atoms. The van der Waals surface area contributed by atoms with Crippen molar-refractivity contribution < 1.29 is 38.4 Å². The monoisotopic (exact) mass is 431 g/mol. The van der Waals surface area contributed by atoms with Crippen molar-refractivity contribution in [1.29, 1.82) is 0 Å². The third kappa shape index (κ3) is 4.80. The predicted octanol–water partition coefficient (Wildman–Crippen LogP) is 1.47. The second-order valence-electron chi connectivity index (χ2n) is 5.37. The first-order chi connectivity index (χ1) is 13.1. The summed E-state index contributed by atoms with van der Waals surface area (Å²) < 4.78 is 26.7. The number of benzene rings is 1. The summed E-state index contributed by atoms with van der Waals surface area (Å²) in [5, 5.41) is 39.3. The first kappa shape index (κ1) is 21.2. The van der Waals surface area contributed by atoms with Gasteiger partial charge in [0.05, 0.1) is 16.2 Å². The van der Waals surface area contributed by atoms with E-state index >= 15 is 0 Å². The molecular weight excluding hydrogens is 418 g/mol. The molecule has 0 unspecified atom stereocenters. The second kappa shape index (κ2) is 8.30. The van der Waals surface area contributed by atoms with Gasteiger partial charge >= 0.3 is 11.9 Å². The molecule has 0 fully saturated rings. The average Bonchev–Trinajstić information content (AvgIpc) is 3.02. The average molecular weight is 431 g/mol. The van der Waals surface area contributed by atoms with Crippen LogP contribution in [0.3, 0.4) is 0 Å². The first-order valence-electron chi connectivity index (χ1n) is 7.27. The van der Waals surface area contributed by atoms with Crippen LogP contribution in [0.15, 0.2) is 23.6 Å². The lowest BCUT2D eigenvalue weighted by Crippen LogP contribution is -2.25. The highest BCUT2D eigenvalue weighted by atomic mass is 32.2. The Morgan fingerprint density at radius 2 is 1.86 bits per heavy atom. The highest BCUT2D eigenvalue weighted by molar-refractivity contribution is 7.88. The van der Waals surface area contributed by atoms with E-state index in [1.165, 1.54) is 5.38 Å². The van der Waals surface area contributed by atoms with E-state index in [2.05, 4.69) is 4.72 Å². The van der Waals surface area contributed by atoms with Crippen LogP contribution >= 0.6 is 11.3 Å². The van der Waals surface area contributed by atoms with Crippen LogP contribution < -0.4 is 10.2 Å². The van der Waals surface area contributed by atoms with Crippen molar-refractivity contribution in [3.05, 3.63) is 55.9 Å². The number of carbonyl (C=O) groups is 2. The maximum Gasteiger partial charge on any atom is 0.339 e. The minimum absolute atomic E-state index is 0.0615. The van der Waals surface area contributed by atoms with Crippen LogP contribution in [0.1, 0.15) is 31.8 Å². The number of hydrogen-bond acceptors (Lipinski definition) is 9. The van der Waals surface area contributed by atoms with Gasteiger partial charge in [-0.05, 0) is 23.1 Å². The molecule has 0 saturated heterocycles. The van der Waals surface area contributed by atoms with E-state index in [1.807, 2.05) is 0 Å². The van der Waals surface area contributed by atoms with Crippen molar-refractivity contribution in [3.63, 3.8) is 0 Å². The summed E-state index contributed by atoms with van der Waals surface area (Å²) in [6.07, 6.45) is 0. The second-order valence-corrected chi connectivity index (χ2v) is 8.05. The zero-order valence-corrected chi connectivity index (χ0v) is 15.4. The van der Waals surface area contributed by atoms with Crippen LogP contribution in [0.2, 0.25) is 0 Å². The van der Waals surface area contributed by atoms with Gasteiger partial charge in [0.1, 0.15) is 10.6 Å². The minimum Gasteiger partial charge on any atom is -0.478 e. The quantitative estimate of drug-likeness (QED) is 0.286. The Hall–Kier alpha value is -3.07. The molecule has 0 atom stereocenters. The highest BCUT2D eigenvalue weighted by Crippen LogP contribution is 2.28. The SMILES string of the molecule is O=C(O)c1ccc([N+](=O)[O-])c(CS(=O)(=O)NCc2csc(NO)c2C(=O)O)c1. The van der Waals surface area contributed by atoms with Gasteiger partial charge in [0, 0.05) is 18.2 Å². The Labute approximate surface area is 161 Å². The van der Waals surface area contributed by atoms with Crippen molar-refractivity contribution in [2.24, 2.45) is 0 Å². The molecule has 150 valence electrons. The molecule has 5 N–H and O–H groups in total. The van der Waals surface area contributed by atoms with Gasteiger partial charge in [-0.25, -0.2) is 22.7 Å². The summed E-state index contributed by atoms with van der Waals surface area (Å²) in [5.74, 6) is -3.66. The number of nitrogens with one attached hydrogen (secondary N) is 2. The largest absolute Gasteiger partial charge is 0.478 e. The van der Waals surface area contributed by atoms with Gasteiger partial charge in [-0.1, -0.05) is 0 Å². The molecule has 2 aromatic rings. The van der Waals surface area contributed by atoms with E-state index in [4.69, 9.17) is 15.4 Å². The van der Waals surface area contributed by atoms with E-state index in [9.17, 15) is 28.1 Å². The lowest BCUT2D eigenvalue weighted by Gasteiger charge is -2.08. The van der Waals surface area contributed by atoms with E-state index in [0.29, 0.717) is 0 Å². The summed E-state index contributed by atoms with van der Waals surface area (Å²) in [7, 11) is -4.19. The Kier molecular flexibility index (Phi) is 6.30. The van der Waals surface area contributed by atoms with Gasteiger partial charge < -0.3 is 10.2 Å². The number of carboxylic acids is 2. The van der Waals surface area contributed by atoms with E-state index in [-0.39, 0.29) is 27.3 Å². The third-order valence-electron chi connectivity index (χ3n) is 3.53. The molecular formula is C14H13N3O9S2. The fourth-order valence-corrected chi connectivity index (χ4v) is 4.26. The first-order valence-corrected chi connectivity index (χ1v) is 9.80. The molecule has 0 spiro atoms. The van der Waals surface area contributed by atoms with Crippen molar-refractivity contribution in [3.8, 4) is 0 Å². The Bertz CT molecular complexity index is 1050. The number of nitro benzene ring substituents is 1. The molecule has 1 heterocycles. The van der Waals surface area contributed by atoms with E-state index in [0.717, 1.165) is 29.5 Å². The summed E-state index contributed by atoms with van der Waals surface area (Å²) >= 11 is 0.839. The van der Waals surface area contributed by atoms with E-state index in [1.54, 1.807) is 5.48 Å². The number of aromatic carboxylic acids is 2. The number of sulfonamides is 1. The third-order valence-corrected chi connectivity index (χ3v) is 5.74. The van der Waals surface area contributed by atoms with Crippen molar-refractivity contribution in [1.82, 2.24) is 4.72 Å².